The number of nitrogens with two attached hydrogens (primary N) is 1. The molecule has 5 heteroatoms. The van der Waals surface area contributed by atoms with Gasteiger partial charge in [-0.15, -0.1) is 4.91 Å². The van der Waals surface area contributed by atoms with E-state index in [9.17, 15) is 9.70 Å². The van der Waals surface area contributed by atoms with Gasteiger partial charge < -0.3 is 5.73 Å². The fourth-order valence-electron chi connectivity index (χ4n) is 0.139. The molecular formula is C3H3N3O2. The van der Waals surface area contributed by atoms with Crippen molar-refractivity contribution in [2.75, 3.05) is 0 Å². The Bertz CT molecular complexity index is 147. The minimum absolute atomic E-state index is 1.01. The highest BCUT2D eigenvalue weighted by Gasteiger charge is 2.12. The van der Waals surface area contributed by atoms with Gasteiger partial charge in [0.1, 0.15) is 6.07 Å². The van der Waals surface area contributed by atoms with Crippen LogP contribution in [0.2, 0.25) is 0 Å². The summed E-state index contributed by atoms with van der Waals surface area (Å²) in [5.74, 6) is -1.01. The molecule has 0 unspecified atom stereocenters. The molecule has 0 aliphatic rings. The largest absolute Gasteiger partial charge is 0.367 e. The maximum absolute atomic E-state index is 9.87. The Morgan fingerprint density at radius 1 is 1.88 bits per heavy atom. The third-order valence-electron chi connectivity index (χ3n) is 0.497. The molecule has 0 heterocycles. The summed E-state index contributed by atoms with van der Waals surface area (Å²) in [5, 5.41) is 9.97. The lowest BCUT2D eigenvalue weighted by Crippen LogP contribution is -2.24. The molecule has 42 valence electrons. The molecular weight excluding hydrogens is 110 g/mol. The standard InChI is InChI=1S/C3H3N3O2/c4-1-2(6-8)3(5)7/h2H,(H2,5,7)/t2-/m1/s1. The molecule has 0 aliphatic heterocycles. The van der Waals surface area contributed by atoms with Gasteiger partial charge in [-0.3, -0.25) is 4.79 Å². The van der Waals surface area contributed by atoms with Crippen LogP contribution in [-0.2, 0) is 4.79 Å². The number of carbonyl (C=O) groups excluding carboxylic acids is 1. The molecule has 8 heavy (non-hydrogen) atoms. The quantitative estimate of drug-likeness (QED) is 0.471. The summed E-state index contributed by atoms with van der Waals surface area (Å²) in [5.41, 5.74) is 4.50. The van der Waals surface area contributed by atoms with Crippen molar-refractivity contribution in [2.24, 2.45) is 10.9 Å². The van der Waals surface area contributed by atoms with Crippen molar-refractivity contribution < 1.29 is 4.79 Å². The number of nitroso groups, excluding NO2 is 1. The van der Waals surface area contributed by atoms with E-state index in [4.69, 9.17) is 5.26 Å². The van der Waals surface area contributed by atoms with E-state index in [0.29, 0.717) is 0 Å². The number of rotatable bonds is 2. The second kappa shape index (κ2) is 2.69. The molecule has 1 amide bonds. The summed E-state index contributed by atoms with van der Waals surface area (Å²) in [6.07, 6.45) is 0. The van der Waals surface area contributed by atoms with Crippen molar-refractivity contribution in [1.82, 2.24) is 0 Å². The second-order valence-corrected chi connectivity index (χ2v) is 1.04. The highest BCUT2D eigenvalue weighted by Crippen LogP contribution is 1.82. The van der Waals surface area contributed by atoms with Crippen molar-refractivity contribution in [1.29, 1.82) is 5.26 Å². The van der Waals surface area contributed by atoms with Gasteiger partial charge in [0.15, 0.2) is 0 Å². The predicted octanol–water partition coefficient (Wildman–Crippen LogP) is -0.870. The van der Waals surface area contributed by atoms with Crippen LogP contribution in [0.25, 0.3) is 0 Å². The third kappa shape index (κ3) is 1.34. The molecule has 0 rings (SSSR count). The van der Waals surface area contributed by atoms with Gasteiger partial charge in [0.25, 0.3) is 11.9 Å². The first-order valence-electron chi connectivity index (χ1n) is 1.73. The lowest BCUT2D eigenvalue weighted by Gasteiger charge is -1.85. The average Bonchev–Trinajstić information content (AvgIpc) is 1.69. The van der Waals surface area contributed by atoms with Gasteiger partial charge in [-0.2, -0.15) is 5.26 Å². The molecule has 2 N–H and O–H groups in total. The molecule has 0 aromatic rings. The summed E-state index contributed by atoms with van der Waals surface area (Å²) < 4.78 is 0. The third-order valence-corrected chi connectivity index (χ3v) is 0.497. The van der Waals surface area contributed by atoms with Crippen molar-refractivity contribution in [3.05, 3.63) is 4.91 Å². The van der Waals surface area contributed by atoms with E-state index in [1.54, 1.807) is 0 Å². The van der Waals surface area contributed by atoms with Gasteiger partial charge in [0.2, 0.25) is 0 Å². The van der Waals surface area contributed by atoms with Crippen molar-refractivity contribution in [3.63, 3.8) is 0 Å². The minimum atomic E-state index is -1.53. The van der Waals surface area contributed by atoms with Crippen LogP contribution in [0.15, 0.2) is 5.18 Å². The Hall–Kier alpha value is -1.44. The Kier molecular flexibility index (Phi) is 2.20. The maximum atomic E-state index is 9.87. The van der Waals surface area contributed by atoms with Gasteiger partial charge >= 0.3 is 0 Å². The SMILES string of the molecule is N#C[C@@H](N=O)C(N)=O. The topological polar surface area (TPSA) is 96.3 Å². The molecule has 0 spiro atoms. The second-order valence-electron chi connectivity index (χ2n) is 1.04. The fraction of sp³-hybridized carbons (Fsp3) is 0.333. The van der Waals surface area contributed by atoms with Crippen LogP contribution >= 0.6 is 0 Å². The van der Waals surface area contributed by atoms with Crippen LogP contribution in [0.5, 0.6) is 0 Å². The lowest BCUT2D eigenvalue weighted by atomic mass is 10.3. The molecule has 0 aliphatic carbocycles. The summed E-state index contributed by atoms with van der Waals surface area (Å²) in [4.78, 5) is 19.3. The highest BCUT2D eigenvalue weighted by molar-refractivity contribution is 5.82. The molecule has 0 saturated heterocycles. The maximum Gasteiger partial charge on any atom is 0.260 e. The van der Waals surface area contributed by atoms with Crippen molar-refractivity contribution in [3.8, 4) is 6.07 Å². The van der Waals surface area contributed by atoms with Crippen LogP contribution in [-0.4, -0.2) is 11.9 Å². The lowest BCUT2D eigenvalue weighted by molar-refractivity contribution is -0.118. The Morgan fingerprint density at radius 3 is 2.38 bits per heavy atom. The van der Waals surface area contributed by atoms with Gasteiger partial charge in [0, 0.05) is 0 Å². The number of hydrogen-bond acceptors (Lipinski definition) is 4. The number of hydrogen-bond donors (Lipinski definition) is 1. The predicted molar refractivity (Wildman–Crippen MR) is 24.4 cm³/mol. The van der Waals surface area contributed by atoms with E-state index in [1.807, 2.05) is 0 Å². The Labute approximate surface area is 45.1 Å². The van der Waals surface area contributed by atoms with E-state index in [1.165, 1.54) is 6.07 Å². The van der Waals surface area contributed by atoms with Gasteiger partial charge in [-0.1, -0.05) is 0 Å². The molecule has 0 bridgehead atoms. The van der Waals surface area contributed by atoms with Crippen LogP contribution in [0.3, 0.4) is 0 Å². The minimum Gasteiger partial charge on any atom is -0.367 e. The van der Waals surface area contributed by atoms with Gasteiger partial charge in [-0.25, -0.2) is 0 Å². The van der Waals surface area contributed by atoms with E-state index in [2.05, 4.69) is 10.9 Å². The molecule has 5 nitrogen and oxygen atoms in total. The molecule has 0 saturated carbocycles. The molecule has 0 aromatic heterocycles. The zero-order chi connectivity index (χ0) is 6.57. The normalized spacial score (nSPS) is 11.4. The molecule has 0 aromatic carbocycles. The summed E-state index contributed by atoms with van der Waals surface area (Å²) >= 11 is 0. The van der Waals surface area contributed by atoms with Gasteiger partial charge in [0.05, 0.1) is 0 Å². The van der Waals surface area contributed by atoms with Crippen molar-refractivity contribution >= 4 is 5.91 Å². The first kappa shape index (κ1) is 6.56. The van der Waals surface area contributed by atoms with E-state index < -0.39 is 11.9 Å². The Balaban J connectivity index is 3.95. The van der Waals surface area contributed by atoms with Crippen LogP contribution < -0.4 is 5.73 Å². The summed E-state index contributed by atoms with van der Waals surface area (Å²) in [6.45, 7) is 0. The first-order chi connectivity index (χ1) is 3.72. The smallest absolute Gasteiger partial charge is 0.260 e. The summed E-state index contributed by atoms with van der Waals surface area (Å²) in [6, 6.07) is -0.235. The number of carbonyl (C=O) groups is 1. The number of nitrogens with zero attached hydrogens (tertiary/aromatic N) is 2. The van der Waals surface area contributed by atoms with Crippen LogP contribution in [0.1, 0.15) is 0 Å². The van der Waals surface area contributed by atoms with Gasteiger partial charge in [-0.05, 0) is 5.18 Å². The van der Waals surface area contributed by atoms with Crippen molar-refractivity contribution in [2.45, 2.75) is 6.04 Å². The molecule has 0 fully saturated rings. The highest BCUT2D eigenvalue weighted by atomic mass is 16.3. The molecule has 0 radical (unpaired) electrons. The monoisotopic (exact) mass is 113 g/mol. The van der Waals surface area contributed by atoms with E-state index in [0.717, 1.165) is 0 Å². The first-order valence-corrected chi connectivity index (χ1v) is 1.73. The average molecular weight is 113 g/mol. The number of primary amides is 1. The summed E-state index contributed by atoms with van der Waals surface area (Å²) in [7, 11) is 0. The van der Waals surface area contributed by atoms with Crippen LogP contribution in [0, 0.1) is 16.2 Å². The Morgan fingerprint density at radius 2 is 2.38 bits per heavy atom. The number of amides is 1. The van der Waals surface area contributed by atoms with E-state index in [-0.39, 0.29) is 0 Å². The fourth-order valence-corrected chi connectivity index (χ4v) is 0.139. The zero-order valence-electron chi connectivity index (χ0n) is 3.87. The van der Waals surface area contributed by atoms with E-state index >= 15 is 0 Å². The molecule has 1 atom stereocenters. The number of nitriles is 1. The zero-order valence-corrected chi connectivity index (χ0v) is 3.87. The van der Waals surface area contributed by atoms with Crippen LogP contribution in [0.4, 0.5) is 0 Å².